The molecule has 0 spiro atoms. The fourth-order valence-electron chi connectivity index (χ4n) is 3.65. The summed E-state index contributed by atoms with van der Waals surface area (Å²) < 4.78 is 5.31. The molecule has 0 radical (unpaired) electrons. The summed E-state index contributed by atoms with van der Waals surface area (Å²) in [4.78, 5) is 31.0. The van der Waals surface area contributed by atoms with Crippen LogP contribution in [0.5, 0.6) is 0 Å². The van der Waals surface area contributed by atoms with Gasteiger partial charge in [-0.1, -0.05) is 49.3 Å². The van der Waals surface area contributed by atoms with Crippen molar-refractivity contribution >= 4 is 17.6 Å². The van der Waals surface area contributed by atoms with Gasteiger partial charge in [-0.15, -0.1) is 0 Å². The van der Waals surface area contributed by atoms with Crippen LogP contribution in [0, 0.1) is 0 Å². The lowest BCUT2D eigenvalue weighted by atomic mass is 10.1. The quantitative estimate of drug-likeness (QED) is 0.577. The molecule has 3 aromatic rings. The van der Waals surface area contributed by atoms with Crippen LogP contribution in [0.3, 0.4) is 0 Å². The normalized spacial score (nSPS) is 14.6. The van der Waals surface area contributed by atoms with Gasteiger partial charge in [0.25, 0.3) is 5.89 Å². The molecule has 32 heavy (non-hydrogen) atoms. The molecule has 2 heterocycles. The van der Waals surface area contributed by atoms with Crippen LogP contribution < -0.4 is 10.6 Å². The molecule has 1 unspecified atom stereocenters. The van der Waals surface area contributed by atoms with Crippen LogP contribution in [0.1, 0.15) is 50.0 Å². The minimum absolute atomic E-state index is 0.130. The van der Waals surface area contributed by atoms with Gasteiger partial charge < -0.3 is 20.1 Å². The molecule has 2 aromatic carbocycles. The van der Waals surface area contributed by atoms with Crippen molar-refractivity contribution in [1.29, 1.82) is 0 Å². The number of nitrogens with zero attached hydrogens (tertiary/aromatic N) is 3. The number of anilines is 1. The first-order valence-corrected chi connectivity index (χ1v) is 10.8. The SMILES string of the molecule is CC(C)c1noc(-c2ccc(NC(=O)NC(CN3CCCC3=O)c3ccccc3)cc2)n1. The third-order valence-electron chi connectivity index (χ3n) is 5.43. The molecule has 1 aromatic heterocycles. The number of urea groups is 1. The molecule has 1 saturated heterocycles. The van der Waals surface area contributed by atoms with E-state index in [9.17, 15) is 9.59 Å². The highest BCUT2D eigenvalue weighted by Gasteiger charge is 2.25. The van der Waals surface area contributed by atoms with Gasteiger partial charge in [0.1, 0.15) is 0 Å². The second-order valence-electron chi connectivity index (χ2n) is 8.19. The Bertz CT molecular complexity index is 1060. The van der Waals surface area contributed by atoms with Crippen molar-refractivity contribution in [3.05, 3.63) is 66.0 Å². The van der Waals surface area contributed by atoms with E-state index in [0.29, 0.717) is 30.4 Å². The average Bonchev–Trinajstić information content (AvgIpc) is 3.44. The van der Waals surface area contributed by atoms with E-state index in [2.05, 4.69) is 20.8 Å². The Labute approximate surface area is 187 Å². The number of hydrogen-bond acceptors (Lipinski definition) is 5. The van der Waals surface area contributed by atoms with Crippen LogP contribution in [0.4, 0.5) is 10.5 Å². The Kier molecular flexibility index (Phi) is 6.49. The highest BCUT2D eigenvalue weighted by atomic mass is 16.5. The summed E-state index contributed by atoms with van der Waals surface area (Å²) >= 11 is 0. The number of amides is 3. The predicted octanol–water partition coefficient (Wildman–Crippen LogP) is 4.35. The zero-order chi connectivity index (χ0) is 22.5. The fraction of sp³-hybridized carbons (Fsp3) is 0.333. The fourth-order valence-corrected chi connectivity index (χ4v) is 3.65. The Morgan fingerprint density at radius 1 is 1.12 bits per heavy atom. The zero-order valence-electron chi connectivity index (χ0n) is 18.2. The average molecular weight is 434 g/mol. The summed E-state index contributed by atoms with van der Waals surface area (Å²) in [6, 6.07) is 16.3. The van der Waals surface area contributed by atoms with E-state index in [4.69, 9.17) is 4.52 Å². The van der Waals surface area contributed by atoms with Crippen molar-refractivity contribution in [3.8, 4) is 11.5 Å². The van der Waals surface area contributed by atoms with Crippen molar-refractivity contribution in [1.82, 2.24) is 20.4 Å². The van der Waals surface area contributed by atoms with Crippen molar-refractivity contribution < 1.29 is 14.1 Å². The van der Waals surface area contributed by atoms with E-state index in [-0.39, 0.29) is 23.9 Å². The minimum atomic E-state index is -0.335. The largest absolute Gasteiger partial charge is 0.340 e. The van der Waals surface area contributed by atoms with Gasteiger partial charge in [0, 0.05) is 36.7 Å². The molecule has 8 heteroatoms. The van der Waals surface area contributed by atoms with E-state index >= 15 is 0 Å². The molecule has 3 amide bonds. The van der Waals surface area contributed by atoms with E-state index < -0.39 is 0 Å². The third kappa shape index (κ3) is 5.14. The number of benzene rings is 2. The van der Waals surface area contributed by atoms with E-state index in [0.717, 1.165) is 24.1 Å². The first-order chi connectivity index (χ1) is 15.5. The first-order valence-electron chi connectivity index (χ1n) is 10.8. The maximum Gasteiger partial charge on any atom is 0.319 e. The standard InChI is InChI=1S/C24H27N5O3/c1-16(2)22-27-23(32-28-22)18-10-12-19(13-11-18)25-24(31)26-20(17-7-4-3-5-8-17)15-29-14-6-9-21(29)30/h3-5,7-8,10-13,16,20H,6,9,14-15H2,1-2H3,(H2,25,26,31). The second kappa shape index (κ2) is 9.64. The topological polar surface area (TPSA) is 100 Å². The molecule has 4 rings (SSSR count). The molecular weight excluding hydrogens is 406 g/mol. The molecule has 8 nitrogen and oxygen atoms in total. The summed E-state index contributed by atoms with van der Waals surface area (Å²) in [5.74, 6) is 1.42. The molecular formula is C24H27N5O3. The number of rotatable bonds is 7. The van der Waals surface area contributed by atoms with E-state index in [1.807, 2.05) is 61.2 Å². The monoisotopic (exact) mass is 433 g/mol. The zero-order valence-corrected chi connectivity index (χ0v) is 18.2. The summed E-state index contributed by atoms with van der Waals surface area (Å²) in [5.41, 5.74) is 2.37. The van der Waals surface area contributed by atoms with E-state index in [1.165, 1.54) is 0 Å². The maximum absolute atomic E-state index is 12.7. The summed E-state index contributed by atoms with van der Waals surface area (Å²) in [5, 5.41) is 9.84. The van der Waals surface area contributed by atoms with Gasteiger partial charge in [-0.3, -0.25) is 4.79 Å². The Hall–Kier alpha value is -3.68. The van der Waals surface area contributed by atoms with Crippen LogP contribution in [-0.2, 0) is 4.79 Å². The van der Waals surface area contributed by atoms with Crippen molar-refractivity contribution in [2.45, 2.75) is 38.6 Å². The number of carbonyl (C=O) groups is 2. The molecule has 0 aliphatic carbocycles. The number of carbonyl (C=O) groups excluding carboxylic acids is 2. The van der Waals surface area contributed by atoms with Crippen LogP contribution in [-0.4, -0.2) is 40.1 Å². The van der Waals surface area contributed by atoms with Crippen molar-refractivity contribution in [2.75, 3.05) is 18.4 Å². The molecule has 0 bridgehead atoms. The summed E-state index contributed by atoms with van der Waals surface area (Å²) in [6.07, 6.45) is 1.43. The first kappa shape index (κ1) is 21.5. The molecule has 166 valence electrons. The predicted molar refractivity (Wildman–Crippen MR) is 121 cm³/mol. The van der Waals surface area contributed by atoms with Crippen LogP contribution >= 0.6 is 0 Å². The number of aromatic nitrogens is 2. The summed E-state index contributed by atoms with van der Waals surface area (Å²) in [6.45, 7) is 5.18. The van der Waals surface area contributed by atoms with Gasteiger partial charge in [-0.2, -0.15) is 4.98 Å². The summed E-state index contributed by atoms with van der Waals surface area (Å²) in [7, 11) is 0. The van der Waals surface area contributed by atoms with Crippen molar-refractivity contribution in [2.24, 2.45) is 0 Å². The highest BCUT2D eigenvalue weighted by molar-refractivity contribution is 5.90. The van der Waals surface area contributed by atoms with Gasteiger partial charge in [0.15, 0.2) is 5.82 Å². The maximum atomic E-state index is 12.7. The molecule has 1 fully saturated rings. The number of likely N-dealkylation sites (tertiary alicyclic amines) is 1. The molecule has 1 aliphatic heterocycles. The lowest BCUT2D eigenvalue weighted by Gasteiger charge is -2.25. The van der Waals surface area contributed by atoms with Crippen LogP contribution in [0.2, 0.25) is 0 Å². The lowest BCUT2D eigenvalue weighted by molar-refractivity contribution is -0.128. The van der Waals surface area contributed by atoms with Gasteiger partial charge in [0.05, 0.1) is 6.04 Å². The smallest absolute Gasteiger partial charge is 0.319 e. The van der Waals surface area contributed by atoms with Crippen LogP contribution in [0.15, 0.2) is 59.1 Å². The van der Waals surface area contributed by atoms with Gasteiger partial charge in [-0.25, -0.2) is 4.79 Å². The second-order valence-corrected chi connectivity index (χ2v) is 8.19. The van der Waals surface area contributed by atoms with Gasteiger partial charge in [0.2, 0.25) is 5.91 Å². The Balaban J connectivity index is 1.41. The molecule has 2 N–H and O–H groups in total. The number of nitrogens with one attached hydrogen (secondary N) is 2. The molecule has 0 saturated carbocycles. The molecule has 1 atom stereocenters. The Morgan fingerprint density at radius 2 is 1.88 bits per heavy atom. The van der Waals surface area contributed by atoms with Crippen LogP contribution in [0.25, 0.3) is 11.5 Å². The number of hydrogen-bond donors (Lipinski definition) is 2. The van der Waals surface area contributed by atoms with Gasteiger partial charge in [-0.05, 0) is 36.2 Å². The van der Waals surface area contributed by atoms with Crippen molar-refractivity contribution in [3.63, 3.8) is 0 Å². The Morgan fingerprint density at radius 3 is 2.50 bits per heavy atom. The van der Waals surface area contributed by atoms with Gasteiger partial charge >= 0.3 is 6.03 Å². The molecule has 1 aliphatic rings. The highest BCUT2D eigenvalue weighted by Crippen LogP contribution is 2.22. The third-order valence-corrected chi connectivity index (χ3v) is 5.43. The lowest BCUT2D eigenvalue weighted by Crippen LogP contribution is -2.40. The minimum Gasteiger partial charge on any atom is -0.340 e. The van der Waals surface area contributed by atoms with E-state index in [1.54, 1.807) is 12.1 Å².